The predicted molar refractivity (Wildman–Crippen MR) is 120 cm³/mol. The van der Waals surface area contributed by atoms with Gasteiger partial charge >= 0.3 is 6.03 Å². The number of rotatable bonds is 7. The Kier molecular flexibility index (Phi) is 5.94. The van der Waals surface area contributed by atoms with Crippen molar-refractivity contribution in [2.45, 2.75) is 38.1 Å². The van der Waals surface area contributed by atoms with Crippen LogP contribution in [0.1, 0.15) is 38.2 Å². The Hall–Kier alpha value is -3.68. The summed E-state index contributed by atoms with van der Waals surface area (Å²) >= 11 is 0. The summed E-state index contributed by atoms with van der Waals surface area (Å²) in [6.45, 7) is 2.26. The van der Waals surface area contributed by atoms with Crippen LogP contribution >= 0.6 is 0 Å². The van der Waals surface area contributed by atoms with Crippen LogP contribution in [0, 0.1) is 0 Å². The van der Waals surface area contributed by atoms with Crippen molar-refractivity contribution in [2.75, 3.05) is 23.3 Å². The van der Waals surface area contributed by atoms with Crippen molar-refractivity contribution >= 4 is 35.1 Å². The van der Waals surface area contributed by atoms with E-state index in [0.29, 0.717) is 37.1 Å². The maximum Gasteiger partial charge on any atom is 0.325 e. The largest absolute Gasteiger partial charge is 0.325 e. The van der Waals surface area contributed by atoms with Crippen molar-refractivity contribution in [1.82, 2.24) is 10.2 Å². The zero-order valence-corrected chi connectivity index (χ0v) is 18.0. The number of nitrogens with zero attached hydrogens (tertiary/aromatic N) is 2. The van der Waals surface area contributed by atoms with Gasteiger partial charge in [-0.15, -0.1) is 0 Å². The molecular formula is C24H26N4O4. The maximum absolute atomic E-state index is 13.3. The average molecular weight is 434 g/mol. The molecule has 0 radical (unpaired) electrons. The molecule has 0 saturated carbocycles. The van der Waals surface area contributed by atoms with Crippen LogP contribution in [0.25, 0.3) is 0 Å². The number of hydrogen-bond donors (Lipinski definition) is 2. The molecule has 2 aromatic carbocycles. The fourth-order valence-corrected chi connectivity index (χ4v) is 4.37. The van der Waals surface area contributed by atoms with Crippen molar-refractivity contribution in [2.24, 2.45) is 0 Å². The van der Waals surface area contributed by atoms with Crippen LogP contribution in [0.5, 0.6) is 0 Å². The molecule has 166 valence electrons. The van der Waals surface area contributed by atoms with Gasteiger partial charge in [0, 0.05) is 24.3 Å². The number of nitrogens with one attached hydrogen (secondary N) is 2. The minimum absolute atomic E-state index is 0.0920. The van der Waals surface area contributed by atoms with Crippen LogP contribution in [0.3, 0.4) is 0 Å². The molecule has 8 heteroatoms. The molecule has 8 nitrogen and oxygen atoms in total. The molecule has 4 rings (SSSR count). The van der Waals surface area contributed by atoms with E-state index in [1.807, 2.05) is 37.3 Å². The summed E-state index contributed by atoms with van der Waals surface area (Å²) in [4.78, 5) is 53.1. The Labute approximate surface area is 186 Å². The topological polar surface area (TPSA) is 98.8 Å². The zero-order valence-electron chi connectivity index (χ0n) is 18.0. The predicted octanol–water partition coefficient (Wildman–Crippen LogP) is 3.00. The van der Waals surface area contributed by atoms with Crippen molar-refractivity contribution in [1.29, 1.82) is 0 Å². The highest BCUT2D eigenvalue weighted by Crippen LogP contribution is 2.33. The molecule has 2 aliphatic heterocycles. The van der Waals surface area contributed by atoms with Crippen LogP contribution in [-0.2, 0) is 19.9 Å². The number of urea groups is 1. The lowest BCUT2D eigenvalue weighted by Crippen LogP contribution is -2.44. The Morgan fingerprint density at radius 1 is 1.06 bits per heavy atom. The molecule has 0 unspecified atom stereocenters. The highest BCUT2D eigenvalue weighted by molar-refractivity contribution is 6.10. The van der Waals surface area contributed by atoms with E-state index < -0.39 is 23.4 Å². The van der Waals surface area contributed by atoms with Gasteiger partial charge in [0.1, 0.15) is 12.1 Å². The van der Waals surface area contributed by atoms with Crippen molar-refractivity contribution in [3.05, 3.63) is 60.2 Å². The number of anilines is 2. The van der Waals surface area contributed by atoms with Crippen LogP contribution < -0.4 is 15.5 Å². The number of carbonyl (C=O) groups is 4. The summed E-state index contributed by atoms with van der Waals surface area (Å²) in [6.07, 6.45) is 2.52. The van der Waals surface area contributed by atoms with E-state index >= 15 is 0 Å². The molecule has 1 atom stereocenters. The zero-order chi connectivity index (χ0) is 22.7. The van der Waals surface area contributed by atoms with E-state index in [9.17, 15) is 19.2 Å². The van der Waals surface area contributed by atoms with Gasteiger partial charge in [0.15, 0.2) is 0 Å². The molecule has 2 saturated heterocycles. The van der Waals surface area contributed by atoms with E-state index in [4.69, 9.17) is 0 Å². The molecule has 2 aliphatic rings. The van der Waals surface area contributed by atoms with Gasteiger partial charge in [-0.05, 0) is 42.7 Å². The first-order valence-electron chi connectivity index (χ1n) is 10.8. The van der Waals surface area contributed by atoms with E-state index in [1.54, 1.807) is 29.2 Å². The third kappa shape index (κ3) is 3.95. The molecule has 2 fully saturated rings. The number of hydrogen-bond acceptors (Lipinski definition) is 4. The quantitative estimate of drug-likeness (QED) is 0.655. The molecule has 0 spiro atoms. The third-order valence-electron chi connectivity index (χ3n) is 5.91. The van der Waals surface area contributed by atoms with Crippen LogP contribution in [-0.4, -0.2) is 41.7 Å². The third-order valence-corrected chi connectivity index (χ3v) is 5.91. The standard InChI is InChI=1S/C24H26N4O4/c1-2-14-24(17-7-4-3-5-8-17)22(31)28(23(32)26-24)16-20(29)25-18-10-12-19(13-11-18)27-15-6-9-21(27)30/h3-5,7-8,10-13H,2,6,9,14-16H2,1H3,(H,25,29)(H,26,32)/t24-/m1/s1. The van der Waals surface area contributed by atoms with Gasteiger partial charge in [0.2, 0.25) is 11.8 Å². The average Bonchev–Trinajstić information content (AvgIpc) is 3.32. The molecular weight excluding hydrogens is 408 g/mol. The maximum atomic E-state index is 13.3. The summed E-state index contributed by atoms with van der Waals surface area (Å²) in [7, 11) is 0. The summed E-state index contributed by atoms with van der Waals surface area (Å²) in [5.74, 6) is -0.804. The van der Waals surface area contributed by atoms with Gasteiger partial charge in [-0.25, -0.2) is 4.79 Å². The number of carbonyl (C=O) groups excluding carboxylic acids is 4. The smallest absolute Gasteiger partial charge is 0.325 e. The first-order valence-corrected chi connectivity index (χ1v) is 10.8. The number of amides is 5. The molecule has 0 bridgehead atoms. The van der Waals surface area contributed by atoms with Crippen molar-refractivity contribution in [3.8, 4) is 0 Å². The summed E-state index contributed by atoms with van der Waals surface area (Å²) in [5.41, 5.74) is 0.861. The van der Waals surface area contributed by atoms with Gasteiger partial charge < -0.3 is 15.5 Å². The van der Waals surface area contributed by atoms with Gasteiger partial charge in [-0.2, -0.15) is 0 Å². The molecule has 5 amide bonds. The molecule has 0 aromatic heterocycles. The van der Waals surface area contributed by atoms with Gasteiger partial charge in [-0.3, -0.25) is 19.3 Å². The van der Waals surface area contributed by atoms with Crippen molar-refractivity contribution in [3.63, 3.8) is 0 Å². The van der Waals surface area contributed by atoms with Gasteiger partial charge in [0.05, 0.1) is 0 Å². The molecule has 2 heterocycles. The van der Waals surface area contributed by atoms with Gasteiger partial charge in [-0.1, -0.05) is 43.7 Å². The molecule has 2 N–H and O–H groups in total. The minimum atomic E-state index is -1.16. The Morgan fingerprint density at radius 3 is 2.41 bits per heavy atom. The van der Waals surface area contributed by atoms with E-state index in [0.717, 1.165) is 17.0 Å². The Bertz CT molecular complexity index is 1040. The Morgan fingerprint density at radius 2 is 1.78 bits per heavy atom. The van der Waals surface area contributed by atoms with Crippen molar-refractivity contribution < 1.29 is 19.2 Å². The van der Waals surface area contributed by atoms with Crippen LogP contribution in [0.4, 0.5) is 16.2 Å². The second-order valence-corrected chi connectivity index (χ2v) is 8.09. The monoisotopic (exact) mass is 434 g/mol. The first kappa shape index (κ1) is 21.5. The molecule has 2 aromatic rings. The molecule has 32 heavy (non-hydrogen) atoms. The van der Waals surface area contributed by atoms with E-state index in [2.05, 4.69) is 10.6 Å². The van der Waals surface area contributed by atoms with E-state index in [1.165, 1.54) is 0 Å². The number of imide groups is 1. The minimum Gasteiger partial charge on any atom is -0.325 e. The highest BCUT2D eigenvalue weighted by Gasteiger charge is 2.52. The second-order valence-electron chi connectivity index (χ2n) is 8.09. The SMILES string of the molecule is CCC[C@]1(c2ccccc2)NC(=O)N(CC(=O)Nc2ccc(N3CCCC3=O)cc2)C1=O. The lowest BCUT2D eigenvalue weighted by Gasteiger charge is -2.26. The fourth-order valence-electron chi connectivity index (χ4n) is 4.37. The number of benzene rings is 2. The highest BCUT2D eigenvalue weighted by atomic mass is 16.2. The summed E-state index contributed by atoms with van der Waals surface area (Å²) < 4.78 is 0. The lowest BCUT2D eigenvalue weighted by molar-refractivity contribution is -0.134. The Balaban J connectivity index is 1.44. The van der Waals surface area contributed by atoms with Crippen LogP contribution in [0.2, 0.25) is 0 Å². The second kappa shape index (κ2) is 8.82. The van der Waals surface area contributed by atoms with Gasteiger partial charge in [0.25, 0.3) is 5.91 Å². The summed E-state index contributed by atoms with van der Waals surface area (Å²) in [6, 6.07) is 15.5. The lowest BCUT2D eigenvalue weighted by atomic mass is 9.85. The molecule has 0 aliphatic carbocycles. The van der Waals surface area contributed by atoms with E-state index in [-0.39, 0.29) is 12.5 Å². The first-order chi connectivity index (χ1) is 15.4. The van der Waals surface area contributed by atoms with Crippen LogP contribution in [0.15, 0.2) is 54.6 Å². The normalized spacial score (nSPS) is 20.6. The fraction of sp³-hybridized carbons (Fsp3) is 0.333. The summed E-state index contributed by atoms with van der Waals surface area (Å²) in [5, 5.41) is 5.54.